The first kappa shape index (κ1) is 17.4. The van der Waals surface area contributed by atoms with Crippen LogP contribution in [-0.2, 0) is 22.6 Å². The van der Waals surface area contributed by atoms with Gasteiger partial charge >= 0.3 is 12.1 Å². The molecule has 0 aliphatic heterocycles. The van der Waals surface area contributed by atoms with Gasteiger partial charge < -0.3 is 15.2 Å². The van der Waals surface area contributed by atoms with Crippen LogP contribution >= 0.6 is 0 Å². The monoisotopic (exact) mass is 335 g/mol. The number of carboxylic acids is 1. The smallest absolute Gasteiger partial charge is 0.408 e. The van der Waals surface area contributed by atoms with Crippen molar-refractivity contribution in [2.45, 2.75) is 19.1 Å². The lowest BCUT2D eigenvalue weighted by molar-refractivity contribution is -0.139. The molecule has 24 heavy (non-hydrogen) atoms. The summed E-state index contributed by atoms with van der Waals surface area (Å²) < 4.78 is 31.7. The molecule has 2 aromatic carbocycles. The summed E-state index contributed by atoms with van der Waals surface area (Å²) in [6.45, 7) is -0.0344. The van der Waals surface area contributed by atoms with Gasteiger partial charge in [-0.15, -0.1) is 0 Å². The van der Waals surface area contributed by atoms with Gasteiger partial charge in [0.25, 0.3) is 0 Å². The van der Waals surface area contributed by atoms with E-state index >= 15 is 0 Å². The van der Waals surface area contributed by atoms with Gasteiger partial charge in [0, 0.05) is 6.42 Å². The molecule has 126 valence electrons. The van der Waals surface area contributed by atoms with E-state index in [4.69, 9.17) is 9.84 Å². The molecular weight excluding hydrogens is 320 g/mol. The fourth-order valence-electron chi connectivity index (χ4n) is 2.03. The molecule has 0 aliphatic rings. The minimum atomic E-state index is -1.44. The summed E-state index contributed by atoms with van der Waals surface area (Å²) >= 11 is 0. The Morgan fingerprint density at radius 2 is 1.83 bits per heavy atom. The SMILES string of the molecule is O=C(N[C@H](Cc1cc(F)ccc1F)C(=O)O)OCc1ccccc1. The normalized spacial score (nSPS) is 11.6. The number of amides is 1. The van der Waals surface area contributed by atoms with E-state index < -0.39 is 36.2 Å². The Hall–Kier alpha value is -2.96. The zero-order valence-corrected chi connectivity index (χ0v) is 12.5. The molecular formula is C17H15F2NO4. The van der Waals surface area contributed by atoms with Crippen molar-refractivity contribution in [3.05, 3.63) is 71.3 Å². The highest BCUT2D eigenvalue weighted by Crippen LogP contribution is 2.12. The summed E-state index contributed by atoms with van der Waals surface area (Å²) in [6.07, 6.45) is -1.36. The maximum absolute atomic E-state index is 13.6. The molecule has 0 radical (unpaired) electrons. The molecule has 0 heterocycles. The molecule has 2 aromatic rings. The Balaban J connectivity index is 1.96. The van der Waals surface area contributed by atoms with Crippen LogP contribution in [0.25, 0.3) is 0 Å². The first-order valence-corrected chi connectivity index (χ1v) is 7.09. The number of ether oxygens (including phenoxy) is 1. The second-order valence-corrected chi connectivity index (χ2v) is 5.04. The number of rotatable bonds is 6. The quantitative estimate of drug-likeness (QED) is 0.851. The summed E-state index contributed by atoms with van der Waals surface area (Å²) in [5, 5.41) is 11.3. The van der Waals surface area contributed by atoms with E-state index in [9.17, 15) is 18.4 Å². The molecule has 0 aliphatic carbocycles. The zero-order valence-electron chi connectivity index (χ0n) is 12.5. The summed E-state index contributed by atoms with van der Waals surface area (Å²) in [7, 11) is 0. The van der Waals surface area contributed by atoms with E-state index in [0.717, 1.165) is 23.8 Å². The van der Waals surface area contributed by atoms with E-state index in [2.05, 4.69) is 5.32 Å². The Bertz CT molecular complexity index is 722. The number of carboxylic acid groups (broad SMARTS) is 1. The molecule has 0 saturated heterocycles. The number of aliphatic carboxylic acids is 1. The topological polar surface area (TPSA) is 75.6 Å². The first-order chi connectivity index (χ1) is 11.5. The van der Waals surface area contributed by atoms with Crippen LogP contribution in [0.15, 0.2) is 48.5 Å². The minimum Gasteiger partial charge on any atom is -0.480 e. The van der Waals surface area contributed by atoms with Gasteiger partial charge in [-0.25, -0.2) is 18.4 Å². The summed E-state index contributed by atoms with van der Waals surface area (Å²) in [5.41, 5.74) is 0.585. The second-order valence-electron chi connectivity index (χ2n) is 5.04. The molecule has 0 fully saturated rings. The Morgan fingerprint density at radius 3 is 2.50 bits per heavy atom. The Morgan fingerprint density at radius 1 is 1.12 bits per heavy atom. The van der Waals surface area contributed by atoms with Crippen molar-refractivity contribution in [3.63, 3.8) is 0 Å². The highest BCUT2D eigenvalue weighted by Gasteiger charge is 2.23. The van der Waals surface area contributed by atoms with Crippen molar-refractivity contribution in [1.82, 2.24) is 5.32 Å². The van der Waals surface area contributed by atoms with Crippen molar-refractivity contribution < 1.29 is 28.2 Å². The Kier molecular flexibility index (Phi) is 5.83. The standard InChI is InChI=1S/C17H15F2NO4/c18-13-6-7-14(19)12(8-13)9-15(16(21)22)20-17(23)24-10-11-4-2-1-3-5-11/h1-8,15H,9-10H2,(H,20,23)(H,21,22)/t15-/m1/s1. The van der Waals surface area contributed by atoms with Crippen LogP contribution < -0.4 is 5.32 Å². The number of nitrogens with one attached hydrogen (secondary N) is 1. The van der Waals surface area contributed by atoms with Crippen LogP contribution in [0.3, 0.4) is 0 Å². The fourth-order valence-corrected chi connectivity index (χ4v) is 2.03. The molecule has 2 rings (SSSR count). The van der Waals surface area contributed by atoms with E-state index in [1.807, 2.05) is 0 Å². The Labute approximate surface area is 136 Å². The molecule has 1 atom stereocenters. The number of halogens is 2. The van der Waals surface area contributed by atoms with Gasteiger partial charge in [0.05, 0.1) is 0 Å². The molecule has 0 unspecified atom stereocenters. The predicted octanol–water partition coefficient (Wildman–Crippen LogP) is 2.89. The number of alkyl carbamates (subject to hydrolysis) is 1. The zero-order chi connectivity index (χ0) is 17.5. The number of benzene rings is 2. The second kappa shape index (κ2) is 8.05. The van der Waals surface area contributed by atoms with E-state index in [0.29, 0.717) is 0 Å². The van der Waals surface area contributed by atoms with Gasteiger partial charge in [-0.1, -0.05) is 30.3 Å². The van der Waals surface area contributed by atoms with Crippen LogP contribution in [0.1, 0.15) is 11.1 Å². The largest absolute Gasteiger partial charge is 0.480 e. The number of hydrogen-bond donors (Lipinski definition) is 2. The van der Waals surface area contributed by atoms with E-state index in [1.54, 1.807) is 30.3 Å². The summed E-state index contributed by atoms with van der Waals surface area (Å²) in [6, 6.07) is 10.1. The third-order valence-electron chi connectivity index (χ3n) is 3.23. The van der Waals surface area contributed by atoms with Crippen molar-refractivity contribution in [3.8, 4) is 0 Å². The molecule has 0 aromatic heterocycles. The average Bonchev–Trinajstić information content (AvgIpc) is 2.56. The van der Waals surface area contributed by atoms with Crippen molar-refractivity contribution in [2.75, 3.05) is 0 Å². The third-order valence-corrected chi connectivity index (χ3v) is 3.23. The van der Waals surface area contributed by atoms with Crippen molar-refractivity contribution in [2.24, 2.45) is 0 Å². The van der Waals surface area contributed by atoms with Crippen LogP contribution in [0.5, 0.6) is 0 Å². The van der Waals surface area contributed by atoms with Crippen LogP contribution in [0.2, 0.25) is 0 Å². The maximum atomic E-state index is 13.6. The number of carbonyl (C=O) groups is 2. The minimum absolute atomic E-state index is 0.0344. The lowest BCUT2D eigenvalue weighted by Crippen LogP contribution is -2.42. The summed E-state index contributed by atoms with van der Waals surface area (Å²) in [5.74, 6) is -2.82. The van der Waals surface area contributed by atoms with Gasteiger partial charge in [0.15, 0.2) is 0 Å². The van der Waals surface area contributed by atoms with Crippen LogP contribution in [-0.4, -0.2) is 23.2 Å². The third kappa shape index (κ3) is 5.05. The average molecular weight is 335 g/mol. The molecule has 1 amide bonds. The number of hydrogen-bond acceptors (Lipinski definition) is 3. The molecule has 7 heteroatoms. The van der Waals surface area contributed by atoms with Crippen LogP contribution in [0.4, 0.5) is 13.6 Å². The van der Waals surface area contributed by atoms with Crippen LogP contribution in [0, 0.1) is 11.6 Å². The molecule has 0 spiro atoms. The van der Waals surface area contributed by atoms with Gasteiger partial charge in [-0.05, 0) is 29.3 Å². The van der Waals surface area contributed by atoms with E-state index in [-0.39, 0.29) is 12.2 Å². The molecule has 0 bridgehead atoms. The highest BCUT2D eigenvalue weighted by molar-refractivity contribution is 5.80. The number of carbonyl (C=O) groups excluding carboxylic acids is 1. The highest BCUT2D eigenvalue weighted by atomic mass is 19.1. The van der Waals surface area contributed by atoms with Gasteiger partial charge in [-0.3, -0.25) is 0 Å². The van der Waals surface area contributed by atoms with Crippen molar-refractivity contribution >= 4 is 12.1 Å². The van der Waals surface area contributed by atoms with E-state index in [1.165, 1.54) is 0 Å². The molecule has 2 N–H and O–H groups in total. The lowest BCUT2D eigenvalue weighted by Gasteiger charge is -2.15. The molecule has 5 nitrogen and oxygen atoms in total. The summed E-state index contributed by atoms with van der Waals surface area (Å²) in [4.78, 5) is 22.9. The molecule has 0 saturated carbocycles. The fraction of sp³-hybridized carbons (Fsp3) is 0.176. The van der Waals surface area contributed by atoms with Gasteiger partial charge in [0.1, 0.15) is 24.3 Å². The first-order valence-electron chi connectivity index (χ1n) is 7.09. The lowest BCUT2D eigenvalue weighted by atomic mass is 10.1. The van der Waals surface area contributed by atoms with Gasteiger partial charge in [-0.2, -0.15) is 0 Å². The van der Waals surface area contributed by atoms with Crippen molar-refractivity contribution in [1.29, 1.82) is 0 Å². The predicted molar refractivity (Wildman–Crippen MR) is 81.2 cm³/mol. The van der Waals surface area contributed by atoms with Gasteiger partial charge in [0.2, 0.25) is 0 Å². The maximum Gasteiger partial charge on any atom is 0.408 e.